The fourth-order valence-corrected chi connectivity index (χ4v) is 7.14. The van der Waals surface area contributed by atoms with E-state index < -0.39 is 12.1 Å². The van der Waals surface area contributed by atoms with E-state index in [4.69, 9.17) is 4.74 Å². The maximum absolute atomic E-state index is 12.4. The number of amides is 1. The molecule has 0 aliphatic rings. The van der Waals surface area contributed by atoms with Gasteiger partial charge in [-0.25, -0.2) is 0 Å². The minimum Gasteiger partial charge on any atom is -0.466 e. The Bertz CT molecular complexity index is 915. The predicted octanol–water partition coefficient (Wildman–Crippen LogP) is 14.1. The number of aliphatic hydroxyl groups excluding tert-OH is 2. The Balaban J connectivity index is 3.45. The molecule has 0 saturated heterocycles. The summed E-state index contributed by atoms with van der Waals surface area (Å²) in [5.41, 5.74) is 0. The number of nitrogens with one attached hydrogen (secondary N) is 1. The highest BCUT2D eigenvalue weighted by atomic mass is 16.5. The minimum atomic E-state index is -0.847. The molecule has 1 amide bonds. The average molecular weight is 788 g/mol. The molecule has 6 nitrogen and oxygen atoms in total. The number of aliphatic hydroxyl groups is 2. The SMILES string of the molecule is CCC/C=C\C/C=C\CCCCCCCC(=O)OCCCCCCCCCCCCCCCCCCC(=O)NC(CO)C(O)/C=C/CCCCCCCCCC. The molecule has 2 atom stereocenters. The zero-order valence-electron chi connectivity index (χ0n) is 37.1. The Hall–Kier alpha value is -1.92. The van der Waals surface area contributed by atoms with E-state index in [0.717, 1.165) is 57.8 Å². The molecule has 328 valence electrons. The molecule has 0 fully saturated rings. The van der Waals surface area contributed by atoms with Crippen LogP contribution in [0.3, 0.4) is 0 Å². The summed E-state index contributed by atoms with van der Waals surface area (Å²) in [5.74, 6) is -0.0927. The van der Waals surface area contributed by atoms with Gasteiger partial charge in [-0.05, 0) is 57.8 Å². The first-order chi connectivity index (χ1) is 27.5. The van der Waals surface area contributed by atoms with Crippen LogP contribution in [0.4, 0.5) is 0 Å². The van der Waals surface area contributed by atoms with Crippen LogP contribution in [0.1, 0.15) is 245 Å². The van der Waals surface area contributed by atoms with Crippen molar-refractivity contribution in [1.82, 2.24) is 5.32 Å². The van der Waals surface area contributed by atoms with Gasteiger partial charge < -0.3 is 20.3 Å². The van der Waals surface area contributed by atoms with Crippen molar-refractivity contribution in [3.63, 3.8) is 0 Å². The molecule has 0 rings (SSSR count). The summed E-state index contributed by atoms with van der Waals surface area (Å²) in [7, 11) is 0. The molecule has 0 aromatic rings. The zero-order valence-corrected chi connectivity index (χ0v) is 37.1. The number of esters is 1. The van der Waals surface area contributed by atoms with E-state index in [0.29, 0.717) is 19.4 Å². The maximum atomic E-state index is 12.4. The molecule has 0 aliphatic carbocycles. The Morgan fingerprint density at radius 2 is 0.929 bits per heavy atom. The molecule has 0 heterocycles. The Morgan fingerprint density at radius 1 is 0.500 bits per heavy atom. The van der Waals surface area contributed by atoms with Crippen LogP contribution in [0.5, 0.6) is 0 Å². The number of hydrogen-bond acceptors (Lipinski definition) is 5. The molecular weight excluding hydrogens is 695 g/mol. The van der Waals surface area contributed by atoms with Crippen LogP contribution in [-0.4, -0.2) is 47.4 Å². The number of rotatable bonds is 44. The number of hydrogen-bond donors (Lipinski definition) is 3. The largest absolute Gasteiger partial charge is 0.466 e. The molecule has 3 N–H and O–H groups in total. The summed E-state index contributed by atoms with van der Waals surface area (Å²) in [6.45, 7) is 4.79. The summed E-state index contributed by atoms with van der Waals surface area (Å²) >= 11 is 0. The van der Waals surface area contributed by atoms with E-state index in [2.05, 4.69) is 43.5 Å². The van der Waals surface area contributed by atoms with E-state index in [1.54, 1.807) is 6.08 Å². The number of carbonyl (C=O) groups is 2. The molecule has 0 aliphatic heterocycles. The smallest absolute Gasteiger partial charge is 0.305 e. The van der Waals surface area contributed by atoms with Crippen LogP contribution in [-0.2, 0) is 14.3 Å². The second-order valence-electron chi connectivity index (χ2n) is 16.4. The van der Waals surface area contributed by atoms with Crippen LogP contribution in [0.25, 0.3) is 0 Å². The van der Waals surface area contributed by atoms with Gasteiger partial charge in [0.15, 0.2) is 0 Å². The fraction of sp³-hybridized carbons (Fsp3) is 0.840. The monoisotopic (exact) mass is 788 g/mol. The van der Waals surface area contributed by atoms with Crippen LogP contribution in [0.15, 0.2) is 36.5 Å². The van der Waals surface area contributed by atoms with Crippen molar-refractivity contribution in [2.45, 2.75) is 257 Å². The molecule has 56 heavy (non-hydrogen) atoms. The standard InChI is InChI=1S/C50H93NO5/c1-3-5-7-9-11-13-15-20-24-28-32-36-40-44-50(55)56-45-41-37-33-29-25-22-19-17-16-18-21-23-27-31-35-39-43-49(54)51-47(46-52)48(53)42-38-34-30-26-14-12-10-8-6-4-2/h7,9,13,15,38,42,47-48,52-53H,3-6,8,10-12,14,16-37,39-41,43-46H2,1-2H3,(H,51,54)/b9-7-,15-13-,42-38+. The molecular formula is C50H93NO5. The van der Waals surface area contributed by atoms with Crippen molar-refractivity contribution in [3.8, 4) is 0 Å². The average Bonchev–Trinajstić information content (AvgIpc) is 3.20. The molecule has 0 aromatic carbocycles. The molecule has 0 bridgehead atoms. The third-order valence-corrected chi connectivity index (χ3v) is 10.9. The molecule has 0 saturated carbocycles. The number of carbonyl (C=O) groups excluding carboxylic acids is 2. The zero-order chi connectivity index (χ0) is 40.8. The lowest BCUT2D eigenvalue weighted by molar-refractivity contribution is -0.143. The van der Waals surface area contributed by atoms with Crippen LogP contribution in [0.2, 0.25) is 0 Å². The van der Waals surface area contributed by atoms with Gasteiger partial charge >= 0.3 is 5.97 Å². The van der Waals surface area contributed by atoms with E-state index in [1.165, 1.54) is 161 Å². The number of allylic oxidation sites excluding steroid dienone is 5. The molecule has 0 radical (unpaired) electrons. The highest BCUT2D eigenvalue weighted by Gasteiger charge is 2.18. The van der Waals surface area contributed by atoms with Gasteiger partial charge in [0.25, 0.3) is 0 Å². The summed E-state index contributed by atoms with van der Waals surface area (Å²) in [6, 6.07) is -0.631. The van der Waals surface area contributed by atoms with Gasteiger partial charge in [0, 0.05) is 12.8 Å². The predicted molar refractivity (Wildman–Crippen MR) is 241 cm³/mol. The Labute approximate surface area is 347 Å². The van der Waals surface area contributed by atoms with Gasteiger partial charge in [0.2, 0.25) is 5.91 Å². The van der Waals surface area contributed by atoms with Crippen molar-refractivity contribution in [1.29, 1.82) is 0 Å². The second kappa shape index (κ2) is 45.8. The number of unbranched alkanes of at least 4 members (excludes halogenated alkanes) is 29. The highest BCUT2D eigenvalue weighted by molar-refractivity contribution is 5.76. The van der Waals surface area contributed by atoms with E-state index in [9.17, 15) is 19.8 Å². The lowest BCUT2D eigenvalue weighted by Gasteiger charge is -2.20. The fourth-order valence-electron chi connectivity index (χ4n) is 7.14. The molecule has 0 spiro atoms. The van der Waals surface area contributed by atoms with Crippen LogP contribution < -0.4 is 5.32 Å². The first-order valence-electron chi connectivity index (χ1n) is 24.3. The first kappa shape index (κ1) is 54.1. The van der Waals surface area contributed by atoms with Crippen molar-refractivity contribution >= 4 is 11.9 Å². The second-order valence-corrected chi connectivity index (χ2v) is 16.4. The highest BCUT2D eigenvalue weighted by Crippen LogP contribution is 2.15. The third-order valence-electron chi connectivity index (χ3n) is 10.9. The van der Waals surface area contributed by atoms with Crippen molar-refractivity contribution in [2.75, 3.05) is 13.2 Å². The van der Waals surface area contributed by atoms with Crippen molar-refractivity contribution in [2.24, 2.45) is 0 Å². The van der Waals surface area contributed by atoms with E-state index >= 15 is 0 Å². The Kier molecular flexibility index (Phi) is 44.2. The van der Waals surface area contributed by atoms with E-state index in [-0.39, 0.29) is 18.5 Å². The quantitative estimate of drug-likeness (QED) is 0.0325. The van der Waals surface area contributed by atoms with Gasteiger partial charge in [-0.2, -0.15) is 0 Å². The normalized spacial score (nSPS) is 13.0. The first-order valence-corrected chi connectivity index (χ1v) is 24.3. The topological polar surface area (TPSA) is 95.9 Å². The van der Waals surface area contributed by atoms with Gasteiger partial charge in [0.05, 0.1) is 25.4 Å². The van der Waals surface area contributed by atoms with Crippen molar-refractivity contribution in [3.05, 3.63) is 36.5 Å². The number of ether oxygens (including phenoxy) is 1. The summed E-state index contributed by atoms with van der Waals surface area (Å²) in [6.07, 6.45) is 54.2. The van der Waals surface area contributed by atoms with Gasteiger partial charge in [-0.15, -0.1) is 0 Å². The van der Waals surface area contributed by atoms with Gasteiger partial charge in [-0.3, -0.25) is 9.59 Å². The van der Waals surface area contributed by atoms with Gasteiger partial charge in [0.1, 0.15) is 0 Å². The summed E-state index contributed by atoms with van der Waals surface area (Å²) < 4.78 is 5.45. The van der Waals surface area contributed by atoms with Crippen molar-refractivity contribution < 1.29 is 24.5 Å². The third kappa shape index (κ3) is 41.7. The van der Waals surface area contributed by atoms with Crippen LogP contribution in [0, 0.1) is 0 Å². The minimum absolute atomic E-state index is 0.0143. The molecule has 0 aromatic heterocycles. The molecule has 2 unspecified atom stereocenters. The summed E-state index contributed by atoms with van der Waals surface area (Å²) in [5, 5.41) is 22.9. The van der Waals surface area contributed by atoms with Gasteiger partial charge in [-0.1, -0.05) is 211 Å². The lowest BCUT2D eigenvalue weighted by Crippen LogP contribution is -2.45. The lowest BCUT2D eigenvalue weighted by atomic mass is 10.0. The maximum Gasteiger partial charge on any atom is 0.305 e. The van der Waals surface area contributed by atoms with Crippen LogP contribution >= 0.6 is 0 Å². The summed E-state index contributed by atoms with van der Waals surface area (Å²) in [4.78, 5) is 24.4. The van der Waals surface area contributed by atoms with E-state index in [1.807, 2.05) is 6.08 Å². The molecule has 6 heteroatoms. The Morgan fingerprint density at radius 3 is 1.43 bits per heavy atom.